The van der Waals surface area contributed by atoms with E-state index >= 15 is 0 Å². The summed E-state index contributed by atoms with van der Waals surface area (Å²) in [4.78, 5) is 12.5. The Bertz CT molecular complexity index is 951. The average molecular weight is 903 g/mol. The first kappa shape index (κ1) is 62.8. The molecule has 0 aromatic rings. The molecule has 0 aliphatic rings. The molecule has 0 aliphatic heterocycles. The van der Waals surface area contributed by atoms with Gasteiger partial charge < -0.3 is 20.6 Å². The summed E-state index contributed by atoms with van der Waals surface area (Å²) in [5.74, 6) is -0.319. The van der Waals surface area contributed by atoms with E-state index in [2.05, 4.69) is 31.3 Å². The lowest BCUT2D eigenvalue weighted by Gasteiger charge is -2.21. The van der Waals surface area contributed by atoms with Gasteiger partial charge in [-0.2, -0.15) is 0 Å². The van der Waals surface area contributed by atoms with E-state index in [1.807, 2.05) is 6.08 Å². The standard InChI is InChI=1S/C59H115NO4/c1-3-5-7-9-11-13-15-17-19-21-22-23-24-25-26-27-28-29-30-31-32-33-34-35-36-37-38-40-42-44-46-48-50-52-56(62)54-59(64)60-57(55-61)58(63)53-51-49-47-45-43-41-39-20-18-16-14-12-10-8-6-4-2/h43,45,51,53,56-58,61-63H,3-42,44,46-50,52,54-55H2,1-2H3,(H,60,64)/b45-43+,53-51+. The molecule has 0 spiro atoms. The van der Waals surface area contributed by atoms with Gasteiger partial charge in [0.1, 0.15) is 0 Å². The zero-order chi connectivity index (χ0) is 46.5. The molecule has 0 rings (SSSR count). The number of amides is 1. The van der Waals surface area contributed by atoms with E-state index in [0.29, 0.717) is 6.42 Å². The van der Waals surface area contributed by atoms with Crippen molar-refractivity contribution in [3.05, 3.63) is 24.3 Å². The second kappa shape index (κ2) is 54.4. The summed E-state index contributed by atoms with van der Waals surface area (Å²) >= 11 is 0. The Labute approximate surface area is 401 Å². The SMILES string of the molecule is CCCCCCCCCCCC/C=C/CC/C=C/C(O)C(CO)NC(=O)CC(O)CCCCCCCCCCCCCCCCCCCCCCCCCCCCCCCCCCC. The fourth-order valence-electron chi connectivity index (χ4n) is 9.30. The second-order valence-electron chi connectivity index (χ2n) is 20.3. The highest BCUT2D eigenvalue weighted by Gasteiger charge is 2.20. The summed E-state index contributed by atoms with van der Waals surface area (Å²) in [6.07, 6.45) is 69.6. The van der Waals surface area contributed by atoms with Crippen LogP contribution in [0.15, 0.2) is 24.3 Å². The van der Waals surface area contributed by atoms with Crippen molar-refractivity contribution in [3.8, 4) is 0 Å². The topological polar surface area (TPSA) is 89.8 Å². The van der Waals surface area contributed by atoms with Gasteiger partial charge in [0.25, 0.3) is 0 Å². The predicted molar refractivity (Wildman–Crippen MR) is 282 cm³/mol. The van der Waals surface area contributed by atoms with Gasteiger partial charge >= 0.3 is 0 Å². The molecule has 0 aliphatic carbocycles. The van der Waals surface area contributed by atoms with E-state index in [-0.39, 0.29) is 18.9 Å². The van der Waals surface area contributed by atoms with Crippen molar-refractivity contribution in [1.82, 2.24) is 5.32 Å². The summed E-state index contributed by atoms with van der Waals surface area (Å²) in [7, 11) is 0. The minimum Gasteiger partial charge on any atom is -0.394 e. The Balaban J connectivity index is 3.48. The van der Waals surface area contributed by atoms with Crippen LogP contribution in [0.1, 0.15) is 322 Å². The minimum absolute atomic E-state index is 0.0103. The molecule has 0 heterocycles. The molecule has 0 fully saturated rings. The maximum absolute atomic E-state index is 12.5. The third-order valence-corrected chi connectivity index (χ3v) is 13.7. The Kier molecular flexibility index (Phi) is 53.4. The van der Waals surface area contributed by atoms with E-state index in [1.165, 1.54) is 263 Å². The molecule has 3 atom stereocenters. The molecule has 0 aromatic heterocycles. The fraction of sp³-hybridized carbons (Fsp3) is 0.915. The van der Waals surface area contributed by atoms with Gasteiger partial charge in [0.2, 0.25) is 5.91 Å². The molecular weight excluding hydrogens is 787 g/mol. The highest BCUT2D eigenvalue weighted by molar-refractivity contribution is 5.76. The number of carbonyl (C=O) groups is 1. The molecule has 5 nitrogen and oxygen atoms in total. The lowest BCUT2D eigenvalue weighted by atomic mass is 10.0. The van der Waals surface area contributed by atoms with Gasteiger partial charge in [-0.1, -0.05) is 308 Å². The monoisotopic (exact) mass is 902 g/mol. The number of unbranched alkanes of at least 4 members (excludes halogenated alkanes) is 43. The molecular formula is C59H115NO4. The van der Waals surface area contributed by atoms with Crippen LogP contribution in [0, 0.1) is 0 Å². The number of hydrogen-bond donors (Lipinski definition) is 4. The van der Waals surface area contributed by atoms with Crippen LogP contribution >= 0.6 is 0 Å². The number of nitrogens with one attached hydrogen (secondary N) is 1. The third-order valence-electron chi connectivity index (χ3n) is 13.7. The molecule has 0 radical (unpaired) electrons. The predicted octanol–water partition coefficient (Wildman–Crippen LogP) is 18.1. The number of rotatable bonds is 54. The van der Waals surface area contributed by atoms with E-state index in [9.17, 15) is 20.1 Å². The van der Waals surface area contributed by atoms with Crippen LogP contribution in [0.3, 0.4) is 0 Å². The molecule has 0 saturated heterocycles. The molecule has 0 aromatic carbocycles. The summed E-state index contributed by atoms with van der Waals surface area (Å²) in [6.45, 7) is 4.23. The lowest BCUT2D eigenvalue weighted by Crippen LogP contribution is -2.45. The normalized spacial score (nSPS) is 13.4. The largest absolute Gasteiger partial charge is 0.394 e. The average Bonchev–Trinajstić information content (AvgIpc) is 3.29. The van der Waals surface area contributed by atoms with Crippen molar-refractivity contribution in [1.29, 1.82) is 0 Å². The number of allylic oxidation sites excluding steroid dienone is 3. The molecule has 4 N–H and O–H groups in total. The smallest absolute Gasteiger partial charge is 0.222 e. The summed E-state index contributed by atoms with van der Waals surface area (Å²) in [5, 5.41) is 33.4. The van der Waals surface area contributed by atoms with Crippen LogP contribution in [0.25, 0.3) is 0 Å². The summed E-state index contributed by atoms with van der Waals surface area (Å²) < 4.78 is 0. The van der Waals surface area contributed by atoms with E-state index in [1.54, 1.807) is 6.08 Å². The van der Waals surface area contributed by atoms with Gasteiger partial charge in [0.05, 0.1) is 31.3 Å². The quantitative estimate of drug-likeness (QED) is 0.0362. The Morgan fingerprint density at radius 2 is 0.672 bits per heavy atom. The van der Waals surface area contributed by atoms with Gasteiger partial charge in [0.15, 0.2) is 0 Å². The van der Waals surface area contributed by atoms with E-state index in [0.717, 1.165) is 32.1 Å². The number of aliphatic hydroxyl groups excluding tert-OH is 3. The maximum atomic E-state index is 12.5. The molecule has 64 heavy (non-hydrogen) atoms. The van der Waals surface area contributed by atoms with Gasteiger partial charge in [-0.05, 0) is 32.1 Å². The van der Waals surface area contributed by atoms with Crippen LogP contribution in [0.5, 0.6) is 0 Å². The first-order valence-electron chi connectivity index (χ1n) is 29.1. The first-order chi connectivity index (χ1) is 31.5. The van der Waals surface area contributed by atoms with Crippen molar-refractivity contribution in [2.75, 3.05) is 6.61 Å². The Morgan fingerprint density at radius 3 is 1.00 bits per heavy atom. The summed E-state index contributed by atoms with van der Waals surface area (Å²) in [5.41, 5.74) is 0. The van der Waals surface area contributed by atoms with Crippen molar-refractivity contribution in [3.63, 3.8) is 0 Å². The van der Waals surface area contributed by atoms with Crippen molar-refractivity contribution < 1.29 is 20.1 Å². The van der Waals surface area contributed by atoms with Crippen LogP contribution in [0.2, 0.25) is 0 Å². The van der Waals surface area contributed by atoms with Crippen LogP contribution in [-0.2, 0) is 4.79 Å². The summed E-state index contributed by atoms with van der Waals surface area (Å²) in [6, 6.07) is -0.758. The fourth-order valence-corrected chi connectivity index (χ4v) is 9.30. The molecule has 380 valence electrons. The van der Waals surface area contributed by atoms with Crippen LogP contribution in [0.4, 0.5) is 0 Å². The van der Waals surface area contributed by atoms with E-state index in [4.69, 9.17) is 0 Å². The Morgan fingerprint density at radius 1 is 0.391 bits per heavy atom. The third kappa shape index (κ3) is 50.2. The van der Waals surface area contributed by atoms with E-state index < -0.39 is 18.2 Å². The molecule has 0 bridgehead atoms. The Hall–Kier alpha value is -1.17. The number of carbonyl (C=O) groups excluding carboxylic acids is 1. The van der Waals surface area contributed by atoms with Crippen LogP contribution < -0.4 is 5.32 Å². The highest BCUT2D eigenvalue weighted by atomic mass is 16.3. The molecule has 0 saturated carbocycles. The molecule has 1 amide bonds. The maximum Gasteiger partial charge on any atom is 0.222 e. The minimum atomic E-state index is -0.949. The van der Waals surface area contributed by atoms with Crippen molar-refractivity contribution in [2.45, 2.75) is 340 Å². The first-order valence-corrected chi connectivity index (χ1v) is 29.1. The van der Waals surface area contributed by atoms with Gasteiger partial charge in [0, 0.05) is 0 Å². The zero-order valence-corrected chi connectivity index (χ0v) is 43.4. The molecule has 5 heteroatoms. The number of aliphatic hydroxyl groups is 3. The lowest BCUT2D eigenvalue weighted by molar-refractivity contribution is -0.124. The van der Waals surface area contributed by atoms with Crippen LogP contribution in [-0.4, -0.2) is 46.1 Å². The van der Waals surface area contributed by atoms with Gasteiger partial charge in [-0.3, -0.25) is 4.79 Å². The second-order valence-corrected chi connectivity index (χ2v) is 20.3. The van der Waals surface area contributed by atoms with Crippen molar-refractivity contribution in [2.24, 2.45) is 0 Å². The zero-order valence-electron chi connectivity index (χ0n) is 43.4. The van der Waals surface area contributed by atoms with Gasteiger partial charge in [-0.25, -0.2) is 0 Å². The van der Waals surface area contributed by atoms with Crippen molar-refractivity contribution >= 4 is 5.91 Å². The number of hydrogen-bond acceptors (Lipinski definition) is 4. The highest BCUT2D eigenvalue weighted by Crippen LogP contribution is 2.18. The van der Waals surface area contributed by atoms with Gasteiger partial charge in [-0.15, -0.1) is 0 Å². The molecule has 3 unspecified atom stereocenters.